The molecular weight excluding hydrogens is 136 g/mol. The Morgan fingerprint density at radius 3 is 2.78 bits per heavy atom. The summed E-state index contributed by atoms with van der Waals surface area (Å²) >= 11 is 3.99. The summed E-state index contributed by atoms with van der Waals surface area (Å²) in [5.41, 5.74) is 2.03. The molecule has 9 heavy (non-hydrogen) atoms. The quantitative estimate of drug-likeness (QED) is 0.230. The van der Waals surface area contributed by atoms with E-state index in [1.807, 2.05) is 12.3 Å². The second kappa shape index (κ2) is 4.64. The number of rotatable bonds is 3. The lowest BCUT2D eigenvalue weighted by Gasteiger charge is -2.05. The van der Waals surface area contributed by atoms with Gasteiger partial charge in [-0.15, -0.1) is 0 Å². The minimum atomic E-state index is -0.250. The summed E-state index contributed by atoms with van der Waals surface area (Å²) in [5, 5.41) is -0.250. The van der Waals surface area contributed by atoms with Gasteiger partial charge >= 0.3 is 0 Å². The van der Waals surface area contributed by atoms with Crippen LogP contribution in [-0.4, -0.2) is 11.2 Å². The molecule has 0 saturated heterocycles. The van der Waals surface area contributed by atoms with Gasteiger partial charge in [-0.3, -0.25) is 10.2 Å². The van der Waals surface area contributed by atoms with E-state index in [1.54, 1.807) is 0 Å². The standard InChI is InChI=1S/C5H12N2OS/c1-2-3-4(9)5(8)7-6/h4,9H,2-3,6H2,1H3,(H,7,8). The van der Waals surface area contributed by atoms with Gasteiger partial charge in [-0.2, -0.15) is 12.6 Å². The summed E-state index contributed by atoms with van der Waals surface area (Å²) < 4.78 is 0. The normalized spacial score (nSPS) is 12.8. The van der Waals surface area contributed by atoms with E-state index >= 15 is 0 Å². The van der Waals surface area contributed by atoms with Gasteiger partial charge in [0.2, 0.25) is 5.91 Å². The third kappa shape index (κ3) is 3.37. The van der Waals surface area contributed by atoms with Crippen LogP contribution in [0.15, 0.2) is 0 Å². The molecule has 3 N–H and O–H groups in total. The fourth-order valence-corrected chi connectivity index (χ4v) is 0.833. The molecule has 3 nitrogen and oxygen atoms in total. The molecular formula is C5H12N2OS. The highest BCUT2D eigenvalue weighted by Crippen LogP contribution is 2.02. The number of carbonyl (C=O) groups is 1. The summed E-state index contributed by atoms with van der Waals surface area (Å²) in [7, 11) is 0. The molecule has 0 aromatic carbocycles. The van der Waals surface area contributed by atoms with Gasteiger partial charge in [-0.25, -0.2) is 5.84 Å². The Labute approximate surface area is 60.4 Å². The zero-order valence-electron chi connectivity index (χ0n) is 5.42. The van der Waals surface area contributed by atoms with Crippen molar-refractivity contribution in [1.82, 2.24) is 5.43 Å². The van der Waals surface area contributed by atoms with Crippen molar-refractivity contribution < 1.29 is 4.79 Å². The predicted molar refractivity (Wildman–Crippen MR) is 40.0 cm³/mol. The smallest absolute Gasteiger partial charge is 0.246 e. The second-order valence-corrected chi connectivity index (χ2v) is 2.44. The van der Waals surface area contributed by atoms with Gasteiger partial charge < -0.3 is 0 Å². The van der Waals surface area contributed by atoms with Crippen molar-refractivity contribution in [2.24, 2.45) is 5.84 Å². The van der Waals surface area contributed by atoms with E-state index in [0.29, 0.717) is 0 Å². The maximum Gasteiger partial charge on any atom is 0.246 e. The number of thiol groups is 1. The fourth-order valence-electron chi connectivity index (χ4n) is 0.501. The molecule has 0 aliphatic heterocycles. The zero-order valence-corrected chi connectivity index (χ0v) is 6.32. The maximum atomic E-state index is 10.6. The second-order valence-electron chi connectivity index (χ2n) is 1.81. The van der Waals surface area contributed by atoms with Crippen LogP contribution in [0.25, 0.3) is 0 Å². The van der Waals surface area contributed by atoms with Crippen molar-refractivity contribution in [1.29, 1.82) is 0 Å². The first kappa shape index (κ1) is 8.78. The van der Waals surface area contributed by atoms with Crippen LogP contribution in [0.3, 0.4) is 0 Å². The number of hydrogen-bond acceptors (Lipinski definition) is 3. The number of nitrogens with two attached hydrogens (primary N) is 1. The lowest BCUT2D eigenvalue weighted by atomic mass is 10.2. The van der Waals surface area contributed by atoms with Crippen LogP contribution < -0.4 is 11.3 Å². The molecule has 1 atom stereocenters. The van der Waals surface area contributed by atoms with Gasteiger partial charge in [0.25, 0.3) is 0 Å². The molecule has 0 saturated carbocycles. The molecule has 0 spiro atoms. The molecule has 4 heteroatoms. The van der Waals surface area contributed by atoms with Crippen LogP contribution in [0.5, 0.6) is 0 Å². The Hall–Kier alpha value is -0.220. The Morgan fingerprint density at radius 1 is 1.89 bits per heavy atom. The van der Waals surface area contributed by atoms with Crippen LogP contribution in [-0.2, 0) is 4.79 Å². The molecule has 0 aliphatic rings. The third-order valence-electron chi connectivity index (χ3n) is 1.01. The topological polar surface area (TPSA) is 55.1 Å². The summed E-state index contributed by atoms with van der Waals surface area (Å²) in [5.74, 6) is 4.65. The number of amides is 1. The first-order valence-corrected chi connectivity index (χ1v) is 3.42. The highest BCUT2D eigenvalue weighted by molar-refractivity contribution is 7.81. The molecule has 1 unspecified atom stereocenters. The maximum absolute atomic E-state index is 10.6. The van der Waals surface area contributed by atoms with Crippen molar-refractivity contribution in [2.45, 2.75) is 25.0 Å². The summed E-state index contributed by atoms with van der Waals surface area (Å²) in [6.07, 6.45) is 1.72. The molecule has 0 rings (SSSR count). The minimum Gasteiger partial charge on any atom is -0.293 e. The van der Waals surface area contributed by atoms with Gasteiger partial charge in [0.1, 0.15) is 0 Å². The number of hydrazine groups is 1. The molecule has 0 fully saturated rings. The van der Waals surface area contributed by atoms with Crippen LogP contribution in [0.2, 0.25) is 0 Å². The van der Waals surface area contributed by atoms with Crippen molar-refractivity contribution in [3.8, 4) is 0 Å². The summed E-state index contributed by atoms with van der Waals surface area (Å²) in [4.78, 5) is 10.6. The summed E-state index contributed by atoms with van der Waals surface area (Å²) in [6.45, 7) is 1.99. The summed E-state index contributed by atoms with van der Waals surface area (Å²) in [6, 6.07) is 0. The molecule has 0 radical (unpaired) electrons. The number of hydrogen-bond donors (Lipinski definition) is 3. The molecule has 0 bridgehead atoms. The van der Waals surface area contributed by atoms with Crippen molar-refractivity contribution in [2.75, 3.05) is 0 Å². The highest BCUT2D eigenvalue weighted by Gasteiger charge is 2.09. The minimum absolute atomic E-state index is 0.208. The monoisotopic (exact) mass is 148 g/mol. The third-order valence-corrected chi connectivity index (χ3v) is 1.50. The average Bonchev–Trinajstić information content (AvgIpc) is 1.87. The van der Waals surface area contributed by atoms with Gasteiger partial charge in [-0.05, 0) is 6.42 Å². The molecule has 0 aliphatic carbocycles. The van der Waals surface area contributed by atoms with Crippen LogP contribution in [0, 0.1) is 0 Å². The first-order chi connectivity index (χ1) is 4.22. The zero-order chi connectivity index (χ0) is 7.28. The van der Waals surface area contributed by atoms with Crippen molar-refractivity contribution in [3.05, 3.63) is 0 Å². The van der Waals surface area contributed by atoms with E-state index in [9.17, 15) is 4.79 Å². The number of carbonyl (C=O) groups excluding carboxylic acids is 1. The lowest BCUT2D eigenvalue weighted by molar-refractivity contribution is -0.120. The largest absolute Gasteiger partial charge is 0.293 e. The van der Waals surface area contributed by atoms with E-state index in [1.165, 1.54) is 0 Å². The average molecular weight is 148 g/mol. The Morgan fingerprint density at radius 2 is 2.44 bits per heavy atom. The number of nitrogens with one attached hydrogen (secondary N) is 1. The molecule has 0 heterocycles. The van der Waals surface area contributed by atoms with Gasteiger partial charge in [0, 0.05) is 0 Å². The van der Waals surface area contributed by atoms with Crippen LogP contribution in [0.4, 0.5) is 0 Å². The molecule has 54 valence electrons. The Balaban J connectivity index is 3.45. The van der Waals surface area contributed by atoms with Gasteiger partial charge in [0.15, 0.2) is 0 Å². The van der Waals surface area contributed by atoms with Crippen molar-refractivity contribution in [3.63, 3.8) is 0 Å². The molecule has 0 aromatic rings. The van der Waals surface area contributed by atoms with E-state index in [-0.39, 0.29) is 11.2 Å². The van der Waals surface area contributed by atoms with Crippen LogP contribution >= 0.6 is 12.6 Å². The van der Waals surface area contributed by atoms with E-state index in [0.717, 1.165) is 12.8 Å². The predicted octanol–water partition coefficient (Wildman–Crippen LogP) is 0.0748. The van der Waals surface area contributed by atoms with Crippen molar-refractivity contribution >= 4 is 18.5 Å². The SMILES string of the molecule is CCCC(S)C(=O)NN. The Kier molecular flexibility index (Phi) is 4.53. The van der Waals surface area contributed by atoms with E-state index < -0.39 is 0 Å². The molecule has 1 amide bonds. The van der Waals surface area contributed by atoms with Gasteiger partial charge in [-0.1, -0.05) is 13.3 Å². The first-order valence-electron chi connectivity index (χ1n) is 2.91. The fraction of sp³-hybridized carbons (Fsp3) is 0.800. The molecule has 0 aromatic heterocycles. The van der Waals surface area contributed by atoms with E-state index in [2.05, 4.69) is 12.6 Å². The Bertz CT molecular complexity index is 97.0. The lowest BCUT2D eigenvalue weighted by Crippen LogP contribution is -2.36. The van der Waals surface area contributed by atoms with E-state index in [4.69, 9.17) is 5.84 Å². The highest BCUT2D eigenvalue weighted by atomic mass is 32.1. The van der Waals surface area contributed by atoms with Crippen LogP contribution in [0.1, 0.15) is 19.8 Å². The van der Waals surface area contributed by atoms with Gasteiger partial charge in [0.05, 0.1) is 5.25 Å².